The summed E-state index contributed by atoms with van der Waals surface area (Å²) < 4.78 is 0. The molecule has 0 saturated carbocycles. The van der Waals surface area contributed by atoms with Crippen LogP contribution in [0.5, 0.6) is 0 Å². The minimum absolute atomic E-state index is 0.359. The fraction of sp³-hybridized carbons (Fsp3) is 0.706. The Kier molecular flexibility index (Phi) is 5.41. The van der Waals surface area contributed by atoms with E-state index in [4.69, 9.17) is 0 Å². The fourth-order valence-corrected chi connectivity index (χ4v) is 4.32. The van der Waals surface area contributed by atoms with Gasteiger partial charge in [-0.3, -0.25) is 4.79 Å². The summed E-state index contributed by atoms with van der Waals surface area (Å²) >= 11 is 1.95. The number of thioether (sulfide) groups is 1. The molecule has 126 valence electrons. The minimum atomic E-state index is 0.359. The molecule has 0 unspecified atom stereocenters. The van der Waals surface area contributed by atoms with Crippen molar-refractivity contribution in [2.45, 2.75) is 33.1 Å². The minimum Gasteiger partial charge on any atom is -0.356 e. The molecule has 0 aliphatic carbocycles. The zero-order chi connectivity index (χ0) is 16.2. The molecule has 1 aromatic heterocycles. The van der Waals surface area contributed by atoms with Crippen molar-refractivity contribution in [1.29, 1.82) is 0 Å². The van der Waals surface area contributed by atoms with Crippen LogP contribution in [0.1, 0.15) is 30.8 Å². The molecule has 0 bridgehead atoms. The molecule has 0 radical (unpaired) electrons. The zero-order valence-electron chi connectivity index (χ0n) is 14.1. The largest absolute Gasteiger partial charge is 0.356 e. The van der Waals surface area contributed by atoms with E-state index >= 15 is 0 Å². The molecular weight excluding hydrogens is 308 g/mol. The lowest BCUT2D eigenvalue weighted by atomic mass is 9.93. The van der Waals surface area contributed by atoms with Crippen molar-refractivity contribution < 1.29 is 4.79 Å². The zero-order valence-corrected chi connectivity index (χ0v) is 14.9. The second kappa shape index (κ2) is 7.51. The molecule has 3 rings (SSSR count). The van der Waals surface area contributed by atoms with Crippen LogP contribution in [0.2, 0.25) is 0 Å². The number of piperidine rings is 1. The van der Waals surface area contributed by atoms with Crippen molar-refractivity contribution in [3.8, 4) is 0 Å². The average molecular weight is 334 g/mol. The molecule has 2 aliphatic rings. The highest BCUT2D eigenvalue weighted by atomic mass is 32.2. The van der Waals surface area contributed by atoms with Crippen molar-refractivity contribution in [1.82, 2.24) is 14.9 Å². The standard InChI is InChI=1S/C17H26N4OS/c1-13-11-16(19-14(2)18-13)20-5-3-15(4-6-20)12-17(22)21-7-9-23-10-8-21/h11,15H,3-10,12H2,1-2H3. The summed E-state index contributed by atoms with van der Waals surface area (Å²) in [5.74, 6) is 4.94. The molecule has 1 amide bonds. The fourth-order valence-electron chi connectivity index (χ4n) is 3.41. The first-order valence-electron chi connectivity index (χ1n) is 8.54. The summed E-state index contributed by atoms with van der Waals surface area (Å²) in [6.45, 7) is 7.80. The molecule has 0 atom stereocenters. The monoisotopic (exact) mass is 334 g/mol. The van der Waals surface area contributed by atoms with Gasteiger partial charge >= 0.3 is 0 Å². The molecule has 1 aromatic rings. The Hall–Kier alpha value is -1.30. The van der Waals surface area contributed by atoms with Gasteiger partial charge in [0.1, 0.15) is 11.6 Å². The van der Waals surface area contributed by atoms with E-state index in [0.717, 1.165) is 74.3 Å². The lowest BCUT2D eigenvalue weighted by Gasteiger charge is -2.34. The molecule has 0 N–H and O–H groups in total. The van der Waals surface area contributed by atoms with Gasteiger partial charge in [0.05, 0.1) is 0 Å². The van der Waals surface area contributed by atoms with Crippen molar-refractivity contribution in [3.05, 3.63) is 17.6 Å². The van der Waals surface area contributed by atoms with Crippen molar-refractivity contribution in [3.63, 3.8) is 0 Å². The molecule has 2 saturated heterocycles. The quantitative estimate of drug-likeness (QED) is 0.849. The van der Waals surface area contributed by atoms with Gasteiger partial charge in [-0.1, -0.05) is 0 Å². The molecule has 6 heteroatoms. The predicted octanol–water partition coefficient (Wildman–Crippen LogP) is 2.28. The van der Waals surface area contributed by atoms with Crippen LogP contribution < -0.4 is 4.90 Å². The summed E-state index contributed by atoms with van der Waals surface area (Å²) in [5, 5.41) is 0. The lowest BCUT2D eigenvalue weighted by molar-refractivity contribution is -0.132. The lowest BCUT2D eigenvalue weighted by Crippen LogP contribution is -2.40. The van der Waals surface area contributed by atoms with Gasteiger partial charge in [-0.2, -0.15) is 11.8 Å². The Morgan fingerprint density at radius 1 is 1.17 bits per heavy atom. The second-order valence-electron chi connectivity index (χ2n) is 6.54. The first kappa shape index (κ1) is 16.6. The van der Waals surface area contributed by atoms with Crippen LogP contribution in [0.4, 0.5) is 5.82 Å². The summed E-state index contributed by atoms with van der Waals surface area (Å²) in [7, 11) is 0. The number of hydrogen-bond acceptors (Lipinski definition) is 5. The van der Waals surface area contributed by atoms with E-state index in [0.29, 0.717) is 11.8 Å². The van der Waals surface area contributed by atoms with Crippen molar-refractivity contribution >= 4 is 23.5 Å². The highest BCUT2D eigenvalue weighted by molar-refractivity contribution is 7.99. The van der Waals surface area contributed by atoms with E-state index in [2.05, 4.69) is 25.8 Å². The van der Waals surface area contributed by atoms with Gasteiger partial charge in [0.15, 0.2) is 0 Å². The Balaban J connectivity index is 1.51. The third-order valence-electron chi connectivity index (χ3n) is 4.72. The number of aryl methyl sites for hydroxylation is 2. The Morgan fingerprint density at radius 3 is 2.52 bits per heavy atom. The number of amides is 1. The van der Waals surface area contributed by atoms with Crippen LogP contribution in [0.15, 0.2) is 6.07 Å². The Morgan fingerprint density at radius 2 is 1.87 bits per heavy atom. The highest BCUT2D eigenvalue weighted by Gasteiger charge is 2.25. The number of nitrogens with zero attached hydrogens (tertiary/aromatic N) is 4. The number of aromatic nitrogens is 2. The van der Waals surface area contributed by atoms with E-state index in [1.807, 2.05) is 25.6 Å². The van der Waals surface area contributed by atoms with E-state index in [1.54, 1.807) is 0 Å². The maximum atomic E-state index is 12.4. The first-order valence-corrected chi connectivity index (χ1v) is 9.70. The van der Waals surface area contributed by atoms with Gasteiger partial charge < -0.3 is 9.80 Å². The molecule has 23 heavy (non-hydrogen) atoms. The summed E-state index contributed by atoms with van der Waals surface area (Å²) in [6, 6.07) is 2.06. The molecule has 2 fully saturated rings. The third kappa shape index (κ3) is 4.37. The van der Waals surface area contributed by atoms with Gasteiger partial charge in [0, 0.05) is 55.9 Å². The van der Waals surface area contributed by atoms with Gasteiger partial charge in [0.25, 0.3) is 0 Å². The second-order valence-corrected chi connectivity index (χ2v) is 7.77. The summed E-state index contributed by atoms with van der Waals surface area (Å²) in [6.07, 6.45) is 2.88. The number of hydrogen-bond donors (Lipinski definition) is 0. The molecular formula is C17H26N4OS. The number of carbonyl (C=O) groups excluding carboxylic acids is 1. The van der Waals surface area contributed by atoms with Crippen LogP contribution >= 0.6 is 11.8 Å². The SMILES string of the molecule is Cc1cc(N2CCC(CC(=O)N3CCSCC3)CC2)nc(C)n1. The highest BCUT2D eigenvalue weighted by Crippen LogP contribution is 2.25. The molecule has 0 spiro atoms. The van der Waals surface area contributed by atoms with Crippen molar-refractivity contribution in [2.24, 2.45) is 5.92 Å². The van der Waals surface area contributed by atoms with Gasteiger partial charge in [0.2, 0.25) is 5.91 Å². The summed E-state index contributed by atoms with van der Waals surface area (Å²) in [5.41, 5.74) is 1.02. The average Bonchev–Trinajstić information content (AvgIpc) is 2.55. The van der Waals surface area contributed by atoms with Crippen molar-refractivity contribution in [2.75, 3.05) is 42.6 Å². The van der Waals surface area contributed by atoms with E-state index in [1.165, 1.54) is 0 Å². The van der Waals surface area contributed by atoms with Gasteiger partial charge in [-0.15, -0.1) is 0 Å². The Bertz CT molecular complexity index is 531. The maximum absolute atomic E-state index is 12.4. The van der Waals surface area contributed by atoms with Crippen LogP contribution in [-0.4, -0.2) is 58.5 Å². The summed E-state index contributed by atoms with van der Waals surface area (Å²) in [4.78, 5) is 25.7. The van der Waals surface area contributed by atoms with E-state index < -0.39 is 0 Å². The van der Waals surface area contributed by atoms with Crippen LogP contribution in [0.3, 0.4) is 0 Å². The van der Waals surface area contributed by atoms with Crippen LogP contribution in [-0.2, 0) is 4.79 Å². The van der Waals surface area contributed by atoms with Gasteiger partial charge in [-0.25, -0.2) is 9.97 Å². The third-order valence-corrected chi connectivity index (χ3v) is 5.66. The normalized spacial score (nSPS) is 19.9. The number of carbonyl (C=O) groups is 1. The van der Waals surface area contributed by atoms with E-state index in [-0.39, 0.29) is 0 Å². The van der Waals surface area contributed by atoms with Crippen LogP contribution in [0.25, 0.3) is 0 Å². The molecule has 0 aromatic carbocycles. The smallest absolute Gasteiger partial charge is 0.222 e. The number of rotatable bonds is 3. The predicted molar refractivity (Wildman–Crippen MR) is 95.0 cm³/mol. The maximum Gasteiger partial charge on any atom is 0.222 e. The van der Waals surface area contributed by atoms with Crippen LogP contribution in [0, 0.1) is 19.8 Å². The van der Waals surface area contributed by atoms with E-state index in [9.17, 15) is 4.79 Å². The molecule has 5 nitrogen and oxygen atoms in total. The molecule has 2 aliphatic heterocycles. The number of anilines is 1. The first-order chi connectivity index (χ1) is 11.1. The topological polar surface area (TPSA) is 49.3 Å². The van der Waals surface area contributed by atoms with Gasteiger partial charge in [-0.05, 0) is 32.6 Å². The Labute approximate surface area is 142 Å². The molecule has 3 heterocycles.